The maximum Gasteiger partial charge on any atom is 0.573 e. The Bertz CT molecular complexity index is 1340. The molecular formula is C22H21F3N6O4. The summed E-state index contributed by atoms with van der Waals surface area (Å²) in [6.07, 6.45) is -2.29. The van der Waals surface area contributed by atoms with Crippen LogP contribution < -0.4 is 10.3 Å². The lowest BCUT2D eigenvalue weighted by atomic mass is 10.2. The molecule has 0 fully saturated rings. The fourth-order valence-electron chi connectivity index (χ4n) is 3.30. The van der Waals surface area contributed by atoms with E-state index < -0.39 is 6.36 Å². The molecule has 0 saturated carbocycles. The van der Waals surface area contributed by atoms with Gasteiger partial charge in [0.25, 0.3) is 11.4 Å². The molecule has 0 aliphatic rings. The van der Waals surface area contributed by atoms with Crippen molar-refractivity contribution in [1.82, 2.24) is 29.5 Å². The Balaban J connectivity index is 1.49. The lowest BCUT2D eigenvalue weighted by Crippen LogP contribution is -2.20. The molecule has 1 aromatic carbocycles. The number of pyridine rings is 1. The van der Waals surface area contributed by atoms with Gasteiger partial charge < -0.3 is 18.6 Å². The van der Waals surface area contributed by atoms with Crippen molar-refractivity contribution >= 4 is 0 Å². The Morgan fingerprint density at radius 2 is 1.83 bits per heavy atom. The number of hydrogen-bond donors (Lipinski definition) is 0. The number of halogens is 3. The van der Waals surface area contributed by atoms with E-state index in [0.29, 0.717) is 37.5 Å². The first kappa shape index (κ1) is 24.1. The number of nitrogens with zero attached hydrogens (tertiary/aromatic N) is 6. The Labute approximate surface area is 196 Å². The van der Waals surface area contributed by atoms with Crippen LogP contribution in [0.5, 0.6) is 5.75 Å². The van der Waals surface area contributed by atoms with Crippen LogP contribution in [0, 0.1) is 6.92 Å². The molecule has 0 N–H and O–H groups in total. The van der Waals surface area contributed by atoms with E-state index in [4.69, 9.17) is 9.26 Å². The van der Waals surface area contributed by atoms with E-state index in [1.807, 2.05) is 0 Å². The van der Waals surface area contributed by atoms with E-state index in [2.05, 4.69) is 25.0 Å². The summed E-state index contributed by atoms with van der Waals surface area (Å²) >= 11 is 0. The van der Waals surface area contributed by atoms with Gasteiger partial charge in [-0.15, -0.1) is 18.3 Å². The van der Waals surface area contributed by atoms with Crippen LogP contribution in [0.4, 0.5) is 13.2 Å². The number of methoxy groups -OCH3 is 1. The molecule has 0 atom stereocenters. The number of aromatic nitrogens is 6. The van der Waals surface area contributed by atoms with Gasteiger partial charge in [0.15, 0.2) is 0 Å². The normalized spacial score (nSPS) is 11.7. The third-order valence-electron chi connectivity index (χ3n) is 4.94. The summed E-state index contributed by atoms with van der Waals surface area (Å²) in [5, 5.41) is 8.28. The van der Waals surface area contributed by atoms with Crippen molar-refractivity contribution in [3.8, 4) is 28.9 Å². The predicted molar refractivity (Wildman–Crippen MR) is 116 cm³/mol. The predicted octanol–water partition coefficient (Wildman–Crippen LogP) is 3.45. The number of benzene rings is 1. The zero-order valence-electron chi connectivity index (χ0n) is 18.8. The van der Waals surface area contributed by atoms with Crippen LogP contribution in [-0.4, -0.2) is 49.6 Å². The molecule has 4 rings (SSSR count). The van der Waals surface area contributed by atoms with Crippen LogP contribution in [0.2, 0.25) is 0 Å². The number of rotatable bonds is 9. The molecule has 0 radical (unpaired) electrons. The molecule has 4 aromatic rings. The second-order valence-electron chi connectivity index (χ2n) is 7.55. The Morgan fingerprint density at radius 1 is 1.06 bits per heavy atom. The monoisotopic (exact) mass is 490 g/mol. The van der Waals surface area contributed by atoms with E-state index in [1.54, 1.807) is 35.5 Å². The first-order valence-corrected chi connectivity index (χ1v) is 10.5. The highest BCUT2D eigenvalue weighted by molar-refractivity contribution is 5.57. The van der Waals surface area contributed by atoms with Gasteiger partial charge in [-0.2, -0.15) is 4.98 Å². The highest BCUT2D eigenvalue weighted by Crippen LogP contribution is 2.26. The summed E-state index contributed by atoms with van der Waals surface area (Å²) in [7, 11) is 1.61. The van der Waals surface area contributed by atoms with Crippen molar-refractivity contribution in [2.24, 2.45) is 0 Å². The van der Waals surface area contributed by atoms with Crippen LogP contribution in [-0.2, 0) is 17.8 Å². The van der Waals surface area contributed by atoms with Crippen LogP contribution in [0.1, 0.15) is 17.8 Å². The molecule has 0 saturated heterocycles. The topological polar surface area (TPSA) is 110 Å². The zero-order valence-corrected chi connectivity index (χ0v) is 18.8. The van der Waals surface area contributed by atoms with Gasteiger partial charge >= 0.3 is 6.36 Å². The van der Waals surface area contributed by atoms with Gasteiger partial charge in [0.1, 0.15) is 11.6 Å². The number of aryl methyl sites for hydroxylation is 2. The van der Waals surface area contributed by atoms with Gasteiger partial charge in [0.2, 0.25) is 11.6 Å². The second kappa shape index (κ2) is 10.1. The molecule has 0 bridgehead atoms. The maximum absolute atomic E-state index is 12.3. The SMILES string of the molecule is COCCCn1cc(Cn2nc(-c3nc(-c4ccc(OC(F)(F)F)cc4)no3)nc2C)ccc1=O. The highest BCUT2D eigenvalue weighted by Gasteiger charge is 2.31. The first-order valence-electron chi connectivity index (χ1n) is 10.5. The molecule has 10 nitrogen and oxygen atoms in total. The lowest BCUT2D eigenvalue weighted by molar-refractivity contribution is -0.274. The number of ether oxygens (including phenoxy) is 2. The Hall–Kier alpha value is -4.00. The van der Waals surface area contributed by atoms with Gasteiger partial charge in [-0.05, 0) is 43.2 Å². The van der Waals surface area contributed by atoms with E-state index in [0.717, 1.165) is 17.7 Å². The molecule has 3 heterocycles. The Morgan fingerprint density at radius 3 is 2.54 bits per heavy atom. The summed E-state index contributed by atoms with van der Waals surface area (Å²) in [6.45, 7) is 3.23. The minimum absolute atomic E-state index is 0.0574. The fourth-order valence-corrected chi connectivity index (χ4v) is 3.30. The first-order chi connectivity index (χ1) is 16.7. The van der Waals surface area contributed by atoms with Gasteiger partial charge in [-0.25, -0.2) is 9.67 Å². The van der Waals surface area contributed by atoms with Crippen LogP contribution >= 0.6 is 0 Å². The van der Waals surface area contributed by atoms with E-state index in [-0.39, 0.29) is 28.8 Å². The van der Waals surface area contributed by atoms with E-state index in [9.17, 15) is 18.0 Å². The molecule has 0 aliphatic heterocycles. The minimum atomic E-state index is -4.77. The molecule has 0 spiro atoms. The molecule has 3 aromatic heterocycles. The van der Waals surface area contributed by atoms with Crippen LogP contribution in [0.25, 0.3) is 23.1 Å². The number of hydrogen-bond acceptors (Lipinski definition) is 8. The van der Waals surface area contributed by atoms with Crippen LogP contribution in [0.3, 0.4) is 0 Å². The van der Waals surface area contributed by atoms with Crippen molar-refractivity contribution in [3.63, 3.8) is 0 Å². The van der Waals surface area contributed by atoms with Gasteiger partial charge in [0, 0.05) is 38.1 Å². The number of alkyl halides is 3. The van der Waals surface area contributed by atoms with E-state index >= 15 is 0 Å². The van der Waals surface area contributed by atoms with Crippen LogP contribution in [0.15, 0.2) is 51.9 Å². The summed E-state index contributed by atoms with van der Waals surface area (Å²) < 4.78 is 54.4. The third-order valence-corrected chi connectivity index (χ3v) is 4.94. The fraction of sp³-hybridized carbons (Fsp3) is 0.318. The average Bonchev–Trinajstić information content (AvgIpc) is 3.43. The van der Waals surface area contributed by atoms with Gasteiger partial charge in [-0.1, -0.05) is 11.2 Å². The quantitative estimate of drug-likeness (QED) is 0.328. The molecule has 35 heavy (non-hydrogen) atoms. The lowest BCUT2D eigenvalue weighted by Gasteiger charge is -2.08. The summed E-state index contributed by atoms with van der Waals surface area (Å²) in [5.74, 6) is 0.654. The largest absolute Gasteiger partial charge is 0.573 e. The molecule has 0 aliphatic carbocycles. The standard InChI is InChI=1S/C22H21F3N6O4/c1-14-26-20(28-31(14)13-15-4-9-18(32)30(12-15)10-3-11-33-2)21-27-19(29-35-21)16-5-7-17(8-6-16)34-22(23,24)25/h4-9,12H,3,10-11,13H2,1-2H3. The maximum atomic E-state index is 12.3. The molecule has 13 heteroatoms. The molecule has 0 amide bonds. The average molecular weight is 490 g/mol. The van der Waals surface area contributed by atoms with Crippen molar-refractivity contribution in [2.45, 2.75) is 32.8 Å². The van der Waals surface area contributed by atoms with Crippen molar-refractivity contribution in [1.29, 1.82) is 0 Å². The van der Waals surface area contributed by atoms with Gasteiger partial charge in [0.05, 0.1) is 6.54 Å². The second-order valence-corrected chi connectivity index (χ2v) is 7.55. The zero-order chi connectivity index (χ0) is 25.0. The summed E-state index contributed by atoms with van der Waals surface area (Å²) in [5.41, 5.74) is 1.19. The highest BCUT2D eigenvalue weighted by atomic mass is 19.4. The third kappa shape index (κ3) is 6.12. The van der Waals surface area contributed by atoms with Gasteiger partial charge in [-0.3, -0.25) is 4.79 Å². The smallest absolute Gasteiger partial charge is 0.406 e. The molecule has 0 unspecified atom stereocenters. The summed E-state index contributed by atoms with van der Waals surface area (Å²) in [6, 6.07) is 8.32. The minimum Gasteiger partial charge on any atom is -0.406 e. The molecular weight excluding hydrogens is 469 g/mol. The van der Waals surface area contributed by atoms with Crippen molar-refractivity contribution in [3.05, 3.63) is 64.3 Å². The Kier molecular flexibility index (Phi) is 6.96. The van der Waals surface area contributed by atoms with Crippen molar-refractivity contribution in [2.75, 3.05) is 13.7 Å². The molecule has 184 valence electrons. The van der Waals surface area contributed by atoms with E-state index in [1.165, 1.54) is 18.2 Å². The summed E-state index contributed by atoms with van der Waals surface area (Å²) in [4.78, 5) is 20.7. The van der Waals surface area contributed by atoms with Crippen molar-refractivity contribution < 1.29 is 27.2 Å².